The van der Waals surface area contributed by atoms with Crippen LogP contribution in [0.4, 0.5) is 5.69 Å². The van der Waals surface area contributed by atoms with E-state index in [1.165, 1.54) is 41.3 Å². The zero-order chi connectivity index (χ0) is 46.0. The summed E-state index contributed by atoms with van der Waals surface area (Å²) in [6.45, 7) is 10.8. The molecule has 6 N–H and O–H groups in total. The average Bonchev–Trinajstić information content (AvgIpc) is 3.24. The Morgan fingerprint density at radius 3 is 1.52 bits per heavy atom. The van der Waals surface area contributed by atoms with Crippen LogP contribution in [0.25, 0.3) is 10.8 Å². The van der Waals surface area contributed by atoms with Gasteiger partial charge >= 0.3 is 35.8 Å². The molecule has 5 rings (SSSR count). The van der Waals surface area contributed by atoms with Gasteiger partial charge in [0.15, 0.2) is 0 Å². The monoisotopic (exact) mass is 863 g/mol. The summed E-state index contributed by atoms with van der Waals surface area (Å²) >= 11 is 0. The normalized spacial score (nSPS) is 15.4. The number of non-ortho nitro benzene ring substituents is 1. The summed E-state index contributed by atoms with van der Waals surface area (Å²) in [5, 5.41) is 60.8. The Balaban J connectivity index is 0.000000449. The van der Waals surface area contributed by atoms with Gasteiger partial charge < -0.3 is 40.4 Å². The Morgan fingerprint density at radius 2 is 1.05 bits per heavy atom. The van der Waals surface area contributed by atoms with E-state index < -0.39 is 35.8 Å². The fraction of sp³-hybridized carbons (Fsp3) is 0.349. The highest BCUT2D eigenvalue weighted by Crippen LogP contribution is 2.26. The van der Waals surface area contributed by atoms with Gasteiger partial charge in [-0.05, 0) is 54.8 Å². The molecule has 0 saturated carbocycles. The maximum Gasteiger partial charge on any atom is 0.328 e. The van der Waals surface area contributed by atoms with Crippen molar-refractivity contribution < 1.29 is 64.3 Å². The number of nitro groups is 1. The van der Waals surface area contributed by atoms with E-state index in [1.807, 2.05) is 12.1 Å². The Bertz CT molecular complexity index is 1900. The minimum atomic E-state index is -1.26. The van der Waals surface area contributed by atoms with Crippen molar-refractivity contribution in [1.29, 1.82) is 0 Å². The van der Waals surface area contributed by atoms with Gasteiger partial charge in [-0.1, -0.05) is 54.6 Å². The van der Waals surface area contributed by atoms with E-state index in [1.54, 1.807) is 12.1 Å². The van der Waals surface area contributed by atoms with E-state index in [2.05, 4.69) is 69.1 Å². The number of benzene rings is 3. The van der Waals surface area contributed by atoms with E-state index in [-0.39, 0.29) is 16.7 Å². The van der Waals surface area contributed by atoms with E-state index in [4.69, 9.17) is 30.6 Å². The first-order valence-electron chi connectivity index (χ1n) is 19.4. The van der Waals surface area contributed by atoms with Crippen LogP contribution in [0.15, 0.2) is 103 Å². The van der Waals surface area contributed by atoms with Crippen molar-refractivity contribution in [3.05, 3.63) is 124 Å². The number of aryl methyl sites for hydroxylation is 1. The van der Waals surface area contributed by atoms with Crippen molar-refractivity contribution >= 4 is 52.3 Å². The van der Waals surface area contributed by atoms with Gasteiger partial charge in [0.25, 0.3) is 5.69 Å². The van der Waals surface area contributed by atoms with E-state index >= 15 is 0 Å². The molecular formula is C43H53N5O14. The van der Waals surface area contributed by atoms with Crippen molar-refractivity contribution in [1.82, 2.24) is 19.6 Å². The van der Waals surface area contributed by atoms with Crippen molar-refractivity contribution in [2.24, 2.45) is 0 Å². The van der Waals surface area contributed by atoms with Gasteiger partial charge in [-0.25, -0.2) is 28.8 Å². The molecule has 2 fully saturated rings. The Labute approximate surface area is 357 Å². The fourth-order valence-corrected chi connectivity index (χ4v) is 6.41. The second-order valence-corrected chi connectivity index (χ2v) is 14.0. The minimum absolute atomic E-state index is 0.167. The van der Waals surface area contributed by atoms with E-state index in [0.717, 1.165) is 65.3 Å². The average molecular weight is 864 g/mol. The molecule has 19 heteroatoms. The number of nitrogens with zero attached hydrogens (tertiary/aromatic N) is 5. The van der Waals surface area contributed by atoms with Gasteiger partial charge in [-0.2, -0.15) is 0 Å². The lowest BCUT2D eigenvalue weighted by Crippen LogP contribution is -2.52. The fourth-order valence-electron chi connectivity index (χ4n) is 6.41. The maximum absolute atomic E-state index is 11.2. The Hall–Kier alpha value is -6.80. The van der Waals surface area contributed by atoms with Gasteiger partial charge in [0.05, 0.1) is 4.92 Å². The van der Waals surface area contributed by atoms with Crippen LogP contribution in [0, 0.1) is 10.1 Å². The number of unbranched alkanes of at least 4 members (excludes halogenated alkanes) is 1. The number of piperazine rings is 2. The van der Waals surface area contributed by atoms with Gasteiger partial charge in [0, 0.05) is 114 Å². The van der Waals surface area contributed by atoms with Crippen molar-refractivity contribution in [3.8, 4) is 0 Å². The number of rotatable bonds is 16. The first-order valence-corrected chi connectivity index (χ1v) is 19.4. The van der Waals surface area contributed by atoms with Crippen LogP contribution >= 0.6 is 0 Å². The van der Waals surface area contributed by atoms with Gasteiger partial charge in [-0.15, -0.1) is 0 Å². The predicted molar refractivity (Wildman–Crippen MR) is 228 cm³/mol. The molecule has 1 unspecified atom stereocenters. The number of aliphatic carboxylic acids is 6. The third-order valence-electron chi connectivity index (χ3n) is 9.52. The first-order chi connectivity index (χ1) is 29.4. The molecule has 3 aromatic carbocycles. The molecule has 0 bridgehead atoms. The molecule has 0 amide bonds. The number of hydrogen-bond donors (Lipinski definition) is 6. The summed E-state index contributed by atoms with van der Waals surface area (Å²) in [5.41, 5.74) is 2.82. The minimum Gasteiger partial charge on any atom is -0.478 e. The van der Waals surface area contributed by atoms with Gasteiger partial charge in [-0.3, -0.25) is 19.9 Å². The number of hydrogen-bond acceptors (Lipinski definition) is 12. The summed E-state index contributed by atoms with van der Waals surface area (Å²) in [5.74, 6) is -7.54. The Morgan fingerprint density at radius 1 is 0.597 bits per heavy atom. The SMILES string of the molecule is CN1CCN(C(CN2CCN(CCCCc3cccc4ccccc34)CC2)c2ccc([N+](=O)[O-])cc2)CC1.O=C(O)/C=C\C(=O)O.O=C(O)/C=C\C(=O)O.O=C(O)/C=C\C(=O)O. The molecule has 19 nitrogen and oxygen atoms in total. The summed E-state index contributed by atoms with van der Waals surface area (Å²) < 4.78 is 0. The van der Waals surface area contributed by atoms with Crippen LogP contribution in [-0.2, 0) is 35.2 Å². The highest BCUT2D eigenvalue weighted by Gasteiger charge is 2.28. The predicted octanol–water partition coefficient (Wildman–Crippen LogP) is 3.81. The van der Waals surface area contributed by atoms with E-state index in [9.17, 15) is 38.9 Å². The van der Waals surface area contributed by atoms with Crippen molar-refractivity contribution in [3.63, 3.8) is 0 Å². The molecule has 62 heavy (non-hydrogen) atoms. The lowest BCUT2D eigenvalue weighted by molar-refractivity contribution is -0.384. The van der Waals surface area contributed by atoms with Crippen LogP contribution in [0.3, 0.4) is 0 Å². The van der Waals surface area contributed by atoms with Gasteiger partial charge in [0.1, 0.15) is 0 Å². The highest BCUT2D eigenvalue weighted by atomic mass is 16.6. The molecular weight excluding hydrogens is 810 g/mol. The number of likely N-dealkylation sites (N-methyl/N-ethyl adjacent to an activating group) is 1. The molecule has 2 aliphatic rings. The van der Waals surface area contributed by atoms with Crippen LogP contribution in [0.5, 0.6) is 0 Å². The molecule has 2 heterocycles. The van der Waals surface area contributed by atoms with Gasteiger partial charge in [0.2, 0.25) is 0 Å². The summed E-state index contributed by atoms with van der Waals surface area (Å²) in [4.78, 5) is 78.3. The smallest absolute Gasteiger partial charge is 0.328 e. The molecule has 0 spiro atoms. The topological polar surface area (TPSA) is 280 Å². The van der Waals surface area contributed by atoms with Crippen molar-refractivity contribution in [2.45, 2.75) is 25.3 Å². The summed E-state index contributed by atoms with van der Waals surface area (Å²) in [6, 6.07) is 22.9. The zero-order valence-corrected chi connectivity index (χ0v) is 34.3. The third kappa shape index (κ3) is 21.5. The largest absolute Gasteiger partial charge is 0.478 e. The second-order valence-electron chi connectivity index (χ2n) is 14.0. The summed E-state index contributed by atoms with van der Waals surface area (Å²) in [6.07, 6.45) is 6.94. The molecule has 0 radical (unpaired) electrons. The van der Waals surface area contributed by atoms with Crippen LogP contribution in [-0.4, -0.2) is 163 Å². The zero-order valence-electron chi connectivity index (χ0n) is 34.3. The van der Waals surface area contributed by atoms with E-state index in [0.29, 0.717) is 36.5 Å². The first kappa shape index (κ1) is 51.3. The number of fused-ring (bicyclic) bond motifs is 1. The molecule has 334 valence electrons. The van der Waals surface area contributed by atoms with Crippen LogP contribution in [0.2, 0.25) is 0 Å². The van der Waals surface area contributed by atoms with Crippen molar-refractivity contribution in [2.75, 3.05) is 72.5 Å². The highest BCUT2D eigenvalue weighted by molar-refractivity contribution is 5.90. The number of carboxylic acids is 6. The maximum atomic E-state index is 11.2. The number of carbonyl (C=O) groups is 6. The molecule has 2 aliphatic heterocycles. The third-order valence-corrected chi connectivity index (χ3v) is 9.52. The molecule has 2 saturated heterocycles. The molecule has 1 atom stereocenters. The standard InChI is InChI=1S/C31H41N5O2.3C4H4O4/c1-32-17-23-35(24-18-32)31(28-12-14-29(15-13-28)36(37)38)25-34-21-19-33(20-22-34)16-5-4-8-27-10-6-9-26-7-2-3-11-30(26)27;3*5-3(6)1-2-4(7)8/h2-3,6-7,9-15,31H,4-5,8,16-25H2,1H3;3*1-2H,(H,5,6)(H,7,8)/b;3*2-1-. The lowest BCUT2D eigenvalue weighted by atomic mass is 10.00. The lowest BCUT2D eigenvalue weighted by Gasteiger charge is -2.42. The van der Waals surface area contributed by atoms with Crippen LogP contribution in [0.1, 0.15) is 30.0 Å². The quantitative estimate of drug-likeness (QED) is 0.0517. The number of carboxylic acid groups (broad SMARTS) is 6. The summed E-state index contributed by atoms with van der Waals surface area (Å²) in [7, 11) is 2.18. The Kier molecular flexibility index (Phi) is 23.1. The molecule has 3 aromatic rings. The second kappa shape index (κ2) is 27.9. The molecule has 0 aliphatic carbocycles. The van der Waals surface area contributed by atoms with Crippen LogP contribution < -0.4 is 0 Å². The number of nitro benzene ring substituents is 1. The molecule has 0 aromatic heterocycles.